The number of aromatic nitrogens is 2. The first-order valence-corrected chi connectivity index (χ1v) is 13.4. The molecule has 0 saturated carbocycles. The zero-order valence-corrected chi connectivity index (χ0v) is 20.8. The lowest BCUT2D eigenvalue weighted by Gasteiger charge is -2.34. The maximum atomic E-state index is 13.0. The van der Waals surface area contributed by atoms with Crippen LogP contribution in [-0.4, -0.2) is 66.5 Å². The monoisotopic (exact) mass is 493 g/mol. The zero-order valence-electron chi connectivity index (χ0n) is 20.0. The quantitative estimate of drug-likeness (QED) is 0.541. The Balaban J connectivity index is 1.32. The average Bonchev–Trinajstić information content (AvgIpc) is 3.24. The van der Waals surface area contributed by atoms with E-state index in [-0.39, 0.29) is 5.66 Å². The number of hydrogen-bond donors (Lipinski definition) is 3. The minimum absolute atomic E-state index is 0.293. The van der Waals surface area contributed by atoms with Crippen molar-refractivity contribution in [3.05, 3.63) is 72.3 Å². The van der Waals surface area contributed by atoms with Gasteiger partial charge < -0.3 is 20.9 Å². The summed E-state index contributed by atoms with van der Waals surface area (Å²) < 4.78 is 27.5. The standard InChI is InChI=1S/C25H31N7O2S/c1-3-11-25-22(5-4-12-27-25)21(18-28-25)23-10-13-26-24(30-23)29-19-6-8-20(9-7-19)35(33,34)32-16-14-31(2)15-17-32/h4-10,12-13,18,27-28H,3,11,14-17H2,1-2H3,(H,26,29,30). The number of hydrogen-bond acceptors (Lipinski definition) is 8. The van der Waals surface area contributed by atoms with Crippen LogP contribution in [0, 0.1) is 0 Å². The number of benzene rings is 1. The Bertz CT molecular complexity index is 1280. The SMILES string of the molecule is CCCC12NC=CC=C1C(c1ccnc(Nc3ccc(S(=O)(=O)N4CCN(C)CC4)cc3)n1)=CN2. The van der Waals surface area contributed by atoms with E-state index in [9.17, 15) is 8.42 Å². The lowest BCUT2D eigenvalue weighted by Crippen LogP contribution is -2.52. The molecule has 9 nitrogen and oxygen atoms in total. The van der Waals surface area contributed by atoms with Gasteiger partial charge in [-0.15, -0.1) is 0 Å². The summed E-state index contributed by atoms with van der Waals surface area (Å²) in [5.41, 5.74) is 3.41. The molecule has 0 amide bonds. The number of dihydropyridines is 1. The Labute approximate surface area is 206 Å². The fourth-order valence-corrected chi connectivity index (χ4v) is 6.14. The molecule has 3 aliphatic rings. The molecule has 3 aliphatic heterocycles. The Morgan fingerprint density at radius 1 is 1.09 bits per heavy atom. The van der Waals surface area contributed by atoms with E-state index in [1.165, 1.54) is 0 Å². The third-order valence-electron chi connectivity index (χ3n) is 6.67. The summed E-state index contributed by atoms with van der Waals surface area (Å²) in [7, 11) is -1.50. The number of piperazine rings is 1. The molecule has 0 aliphatic carbocycles. The molecule has 1 unspecified atom stereocenters. The van der Waals surface area contributed by atoms with E-state index < -0.39 is 10.0 Å². The van der Waals surface area contributed by atoms with Gasteiger partial charge in [-0.05, 0) is 56.1 Å². The highest BCUT2D eigenvalue weighted by Crippen LogP contribution is 2.38. The number of nitrogens with zero attached hydrogens (tertiary/aromatic N) is 4. The fraction of sp³-hybridized carbons (Fsp3) is 0.360. The van der Waals surface area contributed by atoms with Gasteiger partial charge in [-0.25, -0.2) is 18.4 Å². The molecule has 1 atom stereocenters. The first-order valence-electron chi connectivity index (χ1n) is 11.9. The second kappa shape index (κ2) is 9.44. The van der Waals surface area contributed by atoms with E-state index in [0.717, 1.165) is 48.5 Å². The molecule has 1 fully saturated rings. The van der Waals surface area contributed by atoms with Crippen LogP contribution in [0.3, 0.4) is 0 Å². The summed E-state index contributed by atoms with van der Waals surface area (Å²) >= 11 is 0. The van der Waals surface area contributed by atoms with E-state index in [1.807, 2.05) is 31.6 Å². The van der Waals surface area contributed by atoms with Gasteiger partial charge in [0.15, 0.2) is 0 Å². The van der Waals surface area contributed by atoms with Crippen LogP contribution >= 0.6 is 0 Å². The average molecular weight is 494 g/mol. The second-order valence-corrected chi connectivity index (χ2v) is 11.0. The third kappa shape index (κ3) is 4.56. The van der Waals surface area contributed by atoms with Gasteiger partial charge in [-0.2, -0.15) is 4.31 Å². The van der Waals surface area contributed by atoms with E-state index in [4.69, 9.17) is 4.98 Å². The summed E-state index contributed by atoms with van der Waals surface area (Å²) in [5, 5.41) is 10.2. The van der Waals surface area contributed by atoms with Crippen LogP contribution in [0.25, 0.3) is 5.57 Å². The van der Waals surface area contributed by atoms with Gasteiger partial charge in [0.25, 0.3) is 0 Å². The first-order chi connectivity index (χ1) is 16.9. The number of likely N-dealkylation sites (N-methyl/N-ethyl adjacent to an activating group) is 1. The summed E-state index contributed by atoms with van der Waals surface area (Å²) in [4.78, 5) is 11.5. The summed E-state index contributed by atoms with van der Waals surface area (Å²) in [5.74, 6) is 0.450. The smallest absolute Gasteiger partial charge is 0.243 e. The van der Waals surface area contributed by atoms with Crippen molar-refractivity contribution in [1.29, 1.82) is 0 Å². The molecule has 4 heterocycles. The first kappa shape index (κ1) is 23.5. The van der Waals surface area contributed by atoms with Crippen molar-refractivity contribution >= 4 is 27.2 Å². The van der Waals surface area contributed by atoms with E-state index in [1.54, 1.807) is 34.8 Å². The van der Waals surface area contributed by atoms with E-state index >= 15 is 0 Å². The molecule has 0 spiro atoms. The largest absolute Gasteiger partial charge is 0.365 e. The predicted octanol–water partition coefficient (Wildman–Crippen LogP) is 2.64. The molecular formula is C25H31N7O2S. The molecule has 2 aromatic rings. The maximum Gasteiger partial charge on any atom is 0.243 e. The van der Waals surface area contributed by atoms with Crippen LogP contribution in [0.4, 0.5) is 11.6 Å². The Morgan fingerprint density at radius 3 is 2.60 bits per heavy atom. The molecule has 1 aromatic heterocycles. The van der Waals surface area contributed by atoms with Gasteiger partial charge in [0.05, 0.1) is 10.6 Å². The van der Waals surface area contributed by atoms with Crippen LogP contribution in [-0.2, 0) is 10.0 Å². The number of allylic oxidation sites excluding steroid dienone is 2. The van der Waals surface area contributed by atoms with Crippen molar-refractivity contribution in [3.8, 4) is 0 Å². The molecular weight excluding hydrogens is 462 g/mol. The lowest BCUT2D eigenvalue weighted by atomic mass is 9.89. The molecule has 184 valence electrons. The molecule has 3 N–H and O–H groups in total. The molecule has 0 radical (unpaired) electrons. The normalized spacial score (nSPS) is 22.6. The van der Waals surface area contributed by atoms with Gasteiger partial charge >= 0.3 is 0 Å². The Hall–Kier alpha value is -3.21. The van der Waals surface area contributed by atoms with Gasteiger partial charge in [0, 0.05) is 55.4 Å². The molecule has 1 saturated heterocycles. The lowest BCUT2D eigenvalue weighted by molar-refractivity contribution is 0.222. The van der Waals surface area contributed by atoms with Crippen LogP contribution in [0.5, 0.6) is 0 Å². The van der Waals surface area contributed by atoms with Crippen LogP contribution in [0.1, 0.15) is 25.5 Å². The van der Waals surface area contributed by atoms with Gasteiger partial charge in [0.2, 0.25) is 16.0 Å². The molecule has 5 rings (SSSR count). The topological polar surface area (TPSA) is 102 Å². The van der Waals surface area contributed by atoms with Crippen LogP contribution in [0.2, 0.25) is 0 Å². The highest BCUT2D eigenvalue weighted by molar-refractivity contribution is 7.89. The molecule has 35 heavy (non-hydrogen) atoms. The van der Waals surface area contributed by atoms with Crippen molar-refractivity contribution in [2.75, 3.05) is 38.5 Å². The summed E-state index contributed by atoms with van der Waals surface area (Å²) in [6, 6.07) is 8.66. The van der Waals surface area contributed by atoms with E-state index in [0.29, 0.717) is 23.9 Å². The van der Waals surface area contributed by atoms with Crippen molar-refractivity contribution in [2.24, 2.45) is 0 Å². The fourth-order valence-electron chi connectivity index (χ4n) is 4.72. The minimum Gasteiger partial charge on any atom is -0.365 e. The van der Waals surface area contributed by atoms with E-state index in [2.05, 4.69) is 38.8 Å². The van der Waals surface area contributed by atoms with Crippen LogP contribution in [0.15, 0.2) is 71.5 Å². The number of nitrogens with one attached hydrogen (secondary N) is 3. The maximum absolute atomic E-state index is 13.0. The second-order valence-electron chi connectivity index (χ2n) is 9.06. The Kier molecular flexibility index (Phi) is 6.35. The van der Waals surface area contributed by atoms with Crippen molar-refractivity contribution in [1.82, 2.24) is 29.8 Å². The van der Waals surface area contributed by atoms with Gasteiger partial charge in [-0.3, -0.25) is 0 Å². The predicted molar refractivity (Wildman–Crippen MR) is 137 cm³/mol. The van der Waals surface area contributed by atoms with Crippen molar-refractivity contribution in [3.63, 3.8) is 0 Å². The van der Waals surface area contributed by atoms with Crippen molar-refractivity contribution in [2.45, 2.75) is 30.3 Å². The summed E-state index contributed by atoms with van der Waals surface area (Å²) in [6.45, 7) is 4.65. The summed E-state index contributed by atoms with van der Waals surface area (Å²) in [6.07, 6.45) is 11.8. The van der Waals surface area contributed by atoms with Crippen molar-refractivity contribution < 1.29 is 8.42 Å². The van der Waals surface area contributed by atoms with Crippen LogP contribution < -0.4 is 16.0 Å². The highest BCUT2D eigenvalue weighted by Gasteiger charge is 2.39. The number of sulfonamides is 1. The zero-order chi connectivity index (χ0) is 24.5. The number of fused-ring (bicyclic) bond motifs is 1. The minimum atomic E-state index is -3.50. The van der Waals surface area contributed by atoms with Gasteiger partial charge in [0.1, 0.15) is 5.66 Å². The number of rotatable bonds is 7. The molecule has 10 heteroatoms. The highest BCUT2D eigenvalue weighted by atomic mass is 32.2. The molecule has 0 bridgehead atoms. The molecule has 1 aromatic carbocycles. The van der Waals surface area contributed by atoms with Gasteiger partial charge in [-0.1, -0.05) is 19.4 Å². The number of anilines is 2. The Morgan fingerprint density at radius 2 is 1.86 bits per heavy atom. The third-order valence-corrected chi connectivity index (χ3v) is 8.58.